The molecule has 1 atom stereocenters. The van der Waals surface area contributed by atoms with Crippen molar-refractivity contribution in [3.8, 4) is 0 Å². The average molecular weight is 264 g/mol. The molecule has 3 N–H and O–H groups in total. The average Bonchev–Trinajstić information content (AvgIpc) is 2.36. The zero-order valence-corrected chi connectivity index (χ0v) is 11.3. The van der Waals surface area contributed by atoms with Crippen LogP contribution in [0.2, 0.25) is 0 Å². The van der Waals surface area contributed by atoms with Gasteiger partial charge in [-0.05, 0) is 17.9 Å². The smallest absolute Gasteiger partial charge is 0.414 e. The van der Waals surface area contributed by atoms with Crippen LogP contribution < -0.4 is 11.1 Å². The van der Waals surface area contributed by atoms with Crippen molar-refractivity contribution in [3.05, 3.63) is 35.9 Å². The van der Waals surface area contributed by atoms with Gasteiger partial charge in [0.2, 0.25) is 5.91 Å². The SMILES string of the molecule is CC(C)C[C@@H](N)C(=O)NC(=O)OCc1ccccc1. The molecule has 0 saturated carbocycles. The molecule has 1 aromatic carbocycles. The lowest BCUT2D eigenvalue weighted by atomic mass is 10.0. The minimum absolute atomic E-state index is 0.124. The summed E-state index contributed by atoms with van der Waals surface area (Å²) in [7, 11) is 0. The number of nitrogens with one attached hydrogen (secondary N) is 1. The molecular weight excluding hydrogens is 244 g/mol. The summed E-state index contributed by atoms with van der Waals surface area (Å²) in [4.78, 5) is 23.0. The molecular formula is C14H20N2O3. The highest BCUT2D eigenvalue weighted by atomic mass is 16.5. The number of amides is 2. The van der Waals surface area contributed by atoms with Gasteiger partial charge < -0.3 is 10.5 Å². The van der Waals surface area contributed by atoms with E-state index in [2.05, 4.69) is 5.32 Å². The van der Waals surface area contributed by atoms with Crippen LogP contribution in [0.25, 0.3) is 0 Å². The first-order valence-electron chi connectivity index (χ1n) is 6.26. The van der Waals surface area contributed by atoms with E-state index in [9.17, 15) is 9.59 Å². The Hall–Kier alpha value is -1.88. The second kappa shape index (κ2) is 7.53. The van der Waals surface area contributed by atoms with Gasteiger partial charge in [-0.1, -0.05) is 44.2 Å². The molecule has 0 aliphatic heterocycles. The Morgan fingerprint density at radius 2 is 1.89 bits per heavy atom. The Kier molecular flexibility index (Phi) is 6.02. The molecule has 0 bridgehead atoms. The van der Waals surface area contributed by atoms with Crippen LogP contribution in [0.15, 0.2) is 30.3 Å². The maximum Gasteiger partial charge on any atom is 0.414 e. The Balaban J connectivity index is 2.33. The fraction of sp³-hybridized carbons (Fsp3) is 0.429. The van der Waals surface area contributed by atoms with Gasteiger partial charge in [0.15, 0.2) is 0 Å². The molecule has 5 nitrogen and oxygen atoms in total. The number of carbonyl (C=O) groups is 2. The third kappa shape index (κ3) is 6.01. The molecule has 1 rings (SSSR count). The van der Waals surface area contributed by atoms with Gasteiger partial charge in [-0.25, -0.2) is 4.79 Å². The molecule has 0 spiro atoms. The number of carbonyl (C=O) groups excluding carboxylic acids is 2. The van der Waals surface area contributed by atoms with Crippen molar-refractivity contribution >= 4 is 12.0 Å². The predicted octanol–water partition coefficient (Wildman–Crippen LogP) is 1.81. The van der Waals surface area contributed by atoms with Gasteiger partial charge >= 0.3 is 6.09 Å². The van der Waals surface area contributed by atoms with E-state index in [4.69, 9.17) is 10.5 Å². The third-order valence-electron chi connectivity index (χ3n) is 2.50. The zero-order valence-electron chi connectivity index (χ0n) is 11.3. The van der Waals surface area contributed by atoms with Crippen LogP contribution in [0.5, 0.6) is 0 Å². The first kappa shape index (κ1) is 15.2. The Labute approximate surface area is 113 Å². The number of ether oxygens (including phenoxy) is 1. The normalized spacial score (nSPS) is 12.0. The van der Waals surface area contributed by atoms with Crippen molar-refractivity contribution in [2.24, 2.45) is 11.7 Å². The second-order valence-corrected chi connectivity index (χ2v) is 4.79. The monoisotopic (exact) mass is 264 g/mol. The van der Waals surface area contributed by atoms with Crippen molar-refractivity contribution in [2.45, 2.75) is 32.9 Å². The number of alkyl carbamates (subject to hydrolysis) is 1. The maximum atomic E-state index is 11.6. The van der Waals surface area contributed by atoms with Crippen LogP contribution in [-0.2, 0) is 16.1 Å². The van der Waals surface area contributed by atoms with Crippen LogP contribution in [-0.4, -0.2) is 18.0 Å². The summed E-state index contributed by atoms with van der Waals surface area (Å²) < 4.78 is 4.93. The van der Waals surface area contributed by atoms with Crippen LogP contribution in [0, 0.1) is 5.92 Å². The number of imide groups is 1. The van der Waals surface area contributed by atoms with Gasteiger partial charge in [0.1, 0.15) is 6.61 Å². The Bertz CT molecular complexity index is 418. The zero-order chi connectivity index (χ0) is 14.3. The van der Waals surface area contributed by atoms with Crippen molar-refractivity contribution in [1.29, 1.82) is 0 Å². The minimum Gasteiger partial charge on any atom is -0.444 e. The van der Waals surface area contributed by atoms with E-state index in [0.29, 0.717) is 12.3 Å². The largest absolute Gasteiger partial charge is 0.444 e. The van der Waals surface area contributed by atoms with E-state index in [0.717, 1.165) is 5.56 Å². The molecule has 5 heteroatoms. The van der Waals surface area contributed by atoms with E-state index in [-0.39, 0.29) is 6.61 Å². The fourth-order valence-electron chi connectivity index (χ4n) is 1.57. The fourth-order valence-corrected chi connectivity index (χ4v) is 1.57. The summed E-state index contributed by atoms with van der Waals surface area (Å²) in [6.45, 7) is 4.04. The molecule has 0 fully saturated rings. The standard InChI is InChI=1S/C14H20N2O3/c1-10(2)8-12(15)13(17)16-14(18)19-9-11-6-4-3-5-7-11/h3-7,10,12H,8-9,15H2,1-2H3,(H,16,17,18)/t12-/m1/s1. The van der Waals surface area contributed by atoms with Crippen molar-refractivity contribution < 1.29 is 14.3 Å². The lowest BCUT2D eigenvalue weighted by Crippen LogP contribution is -2.44. The van der Waals surface area contributed by atoms with Crippen molar-refractivity contribution in [3.63, 3.8) is 0 Å². The van der Waals surface area contributed by atoms with Gasteiger partial charge in [-0.15, -0.1) is 0 Å². The maximum absolute atomic E-state index is 11.6. The van der Waals surface area contributed by atoms with E-state index >= 15 is 0 Å². The molecule has 0 saturated heterocycles. The van der Waals surface area contributed by atoms with Gasteiger partial charge in [-0.2, -0.15) is 0 Å². The van der Waals surface area contributed by atoms with Gasteiger partial charge in [0.05, 0.1) is 6.04 Å². The topological polar surface area (TPSA) is 81.4 Å². The molecule has 0 radical (unpaired) electrons. The molecule has 0 aliphatic carbocycles. The highest BCUT2D eigenvalue weighted by molar-refractivity contribution is 5.94. The highest BCUT2D eigenvalue weighted by Gasteiger charge is 2.17. The summed E-state index contributed by atoms with van der Waals surface area (Å²) in [6, 6.07) is 8.54. The predicted molar refractivity (Wildman–Crippen MR) is 72.2 cm³/mol. The lowest BCUT2D eigenvalue weighted by Gasteiger charge is -2.13. The molecule has 2 amide bonds. The summed E-state index contributed by atoms with van der Waals surface area (Å²) >= 11 is 0. The van der Waals surface area contributed by atoms with Gasteiger partial charge in [0, 0.05) is 0 Å². The first-order valence-corrected chi connectivity index (χ1v) is 6.26. The number of nitrogens with two attached hydrogens (primary N) is 1. The van der Waals surface area contributed by atoms with Crippen LogP contribution in [0.1, 0.15) is 25.8 Å². The van der Waals surface area contributed by atoms with Crippen molar-refractivity contribution in [1.82, 2.24) is 5.32 Å². The van der Waals surface area contributed by atoms with Gasteiger partial charge in [-0.3, -0.25) is 10.1 Å². The highest BCUT2D eigenvalue weighted by Crippen LogP contribution is 2.03. The summed E-state index contributed by atoms with van der Waals surface area (Å²) in [5.41, 5.74) is 6.51. The number of benzene rings is 1. The van der Waals surface area contributed by atoms with Crippen molar-refractivity contribution in [2.75, 3.05) is 0 Å². The quantitative estimate of drug-likeness (QED) is 0.849. The van der Waals surface area contributed by atoms with E-state index < -0.39 is 18.0 Å². The number of hydrogen-bond acceptors (Lipinski definition) is 4. The third-order valence-corrected chi connectivity index (χ3v) is 2.50. The molecule has 0 aliphatic rings. The molecule has 1 aromatic rings. The summed E-state index contributed by atoms with van der Waals surface area (Å²) in [6.07, 6.45) is -0.245. The van der Waals surface area contributed by atoms with E-state index in [1.807, 2.05) is 44.2 Å². The lowest BCUT2D eigenvalue weighted by molar-refractivity contribution is -0.122. The van der Waals surface area contributed by atoms with Crippen LogP contribution >= 0.6 is 0 Å². The first-order chi connectivity index (χ1) is 8.99. The second-order valence-electron chi connectivity index (χ2n) is 4.79. The number of hydrogen-bond donors (Lipinski definition) is 2. The summed E-state index contributed by atoms with van der Waals surface area (Å²) in [5, 5.41) is 2.13. The minimum atomic E-state index is -0.770. The van der Waals surface area contributed by atoms with E-state index in [1.54, 1.807) is 0 Å². The van der Waals surface area contributed by atoms with E-state index in [1.165, 1.54) is 0 Å². The Morgan fingerprint density at radius 1 is 1.26 bits per heavy atom. The molecule has 0 unspecified atom stereocenters. The molecule has 104 valence electrons. The molecule has 19 heavy (non-hydrogen) atoms. The van der Waals surface area contributed by atoms with Gasteiger partial charge in [0.25, 0.3) is 0 Å². The summed E-state index contributed by atoms with van der Waals surface area (Å²) in [5.74, 6) is -0.215. The molecule has 0 aromatic heterocycles. The van der Waals surface area contributed by atoms with Crippen LogP contribution in [0.3, 0.4) is 0 Å². The van der Waals surface area contributed by atoms with Crippen LogP contribution in [0.4, 0.5) is 4.79 Å². The molecule has 0 heterocycles. The Morgan fingerprint density at radius 3 is 2.47 bits per heavy atom. The number of rotatable bonds is 5.